The third-order valence-corrected chi connectivity index (χ3v) is 6.44. The number of carbonyl (C=O) groups is 1. The van der Waals surface area contributed by atoms with Crippen LogP contribution in [0.15, 0.2) is 47.4 Å². The number of fused-ring (bicyclic) bond motifs is 1. The quantitative estimate of drug-likeness (QED) is 0.463. The Bertz CT molecular complexity index is 1260. The summed E-state index contributed by atoms with van der Waals surface area (Å²) in [5.41, 5.74) is 4.05. The molecular weight excluding hydrogens is 444 g/mol. The summed E-state index contributed by atoms with van der Waals surface area (Å²) in [5.74, 6) is 1.30. The first-order valence-electron chi connectivity index (χ1n) is 10.1. The molecule has 2 aliphatic heterocycles. The Kier molecular flexibility index (Phi) is 5.77. The number of para-hydroxylation sites is 2. The summed E-state index contributed by atoms with van der Waals surface area (Å²) in [6.07, 6.45) is 1.82. The summed E-state index contributed by atoms with van der Waals surface area (Å²) in [6.45, 7) is 2.76. The average molecular weight is 465 g/mol. The third-order valence-electron chi connectivity index (χ3n) is 5.28. The van der Waals surface area contributed by atoms with Crippen LogP contribution in [0.2, 0.25) is 0 Å². The maximum Gasteiger partial charge on any atom is 0.263 e. The van der Waals surface area contributed by atoms with Gasteiger partial charge in [-0.25, -0.2) is 9.97 Å². The Hall–Kier alpha value is -3.01. The van der Waals surface area contributed by atoms with E-state index in [4.69, 9.17) is 31.7 Å². The zero-order chi connectivity index (χ0) is 22.1. The van der Waals surface area contributed by atoms with Gasteiger partial charge in [-0.15, -0.1) is 0 Å². The summed E-state index contributed by atoms with van der Waals surface area (Å²) in [6, 6.07) is 13.6. The van der Waals surface area contributed by atoms with E-state index in [0.29, 0.717) is 28.2 Å². The number of benzene rings is 2. The number of methoxy groups -OCH3 is 1. The van der Waals surface area contributed by atoms with Gasteiger partial charge in [-0.1, -0.05) is 42.2 Å². The van der Waals surface area contributed by atoms with Gasteiger partial charge in [0.1, 0.15) is 15.8 Å². The molecule has 0 unspecified atom stereocenters. The highest BCUT2D eigenvalue weighted by atomic mass is 32.2. The van der Waals surface area contributed by atoms with Crippen molar-refractivity contribution in [1.29, 1.82) is 0 Å². The lowest BCUT2D eigenvalue weighted by molar-refractivity contribution is -0.115. The fourth-order valence-corrected chi connectivity index (χ4v) is 4.78. The molecule has 7 nitrogen and oxygen atoms in total. The highest BCUT2D eigenvalue weighted by Crippen LogP contribution is 2.37. The summed E-state index contributed by atoms with van der Waals surface area (Å²) >= 11 is 6.36. The fourth-order valence-electron chi connectivity index (χ4n) is 3.74. The second-order valence-corrected chi connectivity index (χ2v) is 9.01. The number of thioether (sulfide) groups is 1. The second-order valence-electron chi connectivity index (χ2n) is 7.30. The van der Waals surface area contributed by atoms with E-state index < -0.39 is 0 Å². The van der Waals surface area contributed by atoms with E-state index in [9.17, 15) is 4.79 Å². The molecule has 32 heavy (non-hydrogen) atoms. The summed E-state index contributed by atoms with van der Waals surface area (Å²) in [7, 11) is 1.64. The predicted molar refractivity (Wildman–Crippen MR) is 131 cm³/mol. The Morgan fingerprint density at radius 1 is 1.16 bits per heavy atom. The van der Waals surface area contributed by atoms with Crippen LogP contribution in [0.5, 0.6) is 5.75 Å². The molecule has 1 aromatic heterocycles. The monoisotopic (exact) mass is 464 g/mol. The van der Waals surface area contributed by atoms with E-state index in [-0.39, 0.29) is 5.91 Å². The largest absolute Gasteiger partial charge is 0.496 e. The number of morpholine rings is 1. The Morgan fingerprint density at radius 2 is 1.91 bits per heavy atom. The van der Waals surface area contributed by atoms with Crippen LogP contribution in [-0.2, 0) is 9.53 Å². The number of rotatable bonds is 4. The van der Waals surface area contributed by atoms with Gasteiger partial charge in [-0.05, 0) is 35.9 Å². The van der Waals surface area contributed by atoms with Crippen LogP contribution in [0, 0.1) is 0 Å². The van der Waals surface area contributed by atoms with Crippen molar-refractivity contribution in [3.05, 3.63) is 52.9 Å². The number of amides is 1. The minimum absolute atomic E-state index is 0.183. The van der Waals surface area contributed by atoms with Gasteiger partial charge < -0.3 is 19.7 Å². The molecule has 0 radical (unpaired) electrons. The minimum Gasteiger partial charge on any atom is -0.496 e. The van der Waals surface area contributed by atoms with Crippen LogP contribution in [0.25, 0.3) is 28.4 Å². The topological polar surface area (TPSA) is 76.6 Å². The van der Waals surface area contributed by atoms with Crippen LogP contribution in [0.3, 0.4) is 0 Å². The van der Waals surface area contributed by atoms with Crippen LogP contribution in [-0.4, -0.2) is 53.6 Å². The molecular formula is C23H20N4O3S2. The van der Waals surface area contributed by atoms with Crippen molar-refractivity contribution in [2.45, 2.75) is 0 Å². The fraction of sp³-hybridized carbons (Fsp3) is 0.217. The lowest BCUT2D eigenvalue weighted by atomic mass is 10.0. The molecule has 0 saturated carbocycles. The van der Waals surface area contributed by atoms with Gasteiger partial charge in [0, 0.05) is 18.7 Å². The van der Waals surface area contributed by atoms with Crippen LogP contribution >= 0.6 is 24.0 Å². The van der Waals surface area contributed by atoms with Gasteiger partial charge in [0.05, 0.1) is 36.3 Å². The lowest BCUT2D eigenvalue weighted by Gasteiger charge is -2.29. The third kappa shape index (κ3) is 4.06. The van der Waals surface area contributed by atoms with Gasteiger partial charge in [-0.2, -0.15) is 0 Å². The number of nitrogens with zero attached hydrogens (tertiary/aromatic N) is 3. The molecule has 162 valence electrons. The highest BCUT2D eigenvalue weighted by Gasteiger charge is 2.24. The first-order chi connectivity index (χ1) is 15.6. The van der Waals surface area contributed by atoms with E-state index >= 15 is 0 Å². The number of ether oxygens (including phenoxy) is 2. The molecule has 9 heteroatoms. The molecule has 0 atom stereocenters. The summed E-state index contributed by atoms with van der Waals surface area (Å²) in [5, 5.41) is 2.65. The van der Waals surface area contributed by atoms with E-state index in [1.807, 2.05) is 48.5 Å². The second kappa shape index (κ2) is 8.85. The van der Waals surface area contributed by atoms with Crippen molar-refractivity contribution in [2.24, 2.45) is 0 Å². The molecule has 2 aromatic carbocycles. The van der Waals surface area contributed by atoms with Crippen molar-refractivity contribution in [3.63, 3.8) is 0 Å². The maximum absolute atomic E-state index is 12.1. The van der Waals surface area contributed by atoms with Crippen molar-refractivity contribution in [3.8, 4) is 17.0 Å². The first kappa shape index (κ1) is 20.9. The molecule has 2 aliphatic rings. The van der Waals surface area contributed by atoms with Crippen LogP contribution < -0.4 is 15.0 Å². The van der Waals surface area contributed by atoms with Crippen LogP contribution in [0.1, 0.15) is 5.56 Å². The number of hydrogen-bond donors (Lipinski definition) is 1. The smallest absolute Gasteiger partial charge is 0.263 e. The Morgan fingerprint density at radius 3 is 2.59 bits per heavy atom. The van der Waals surface area contributed by atoms with Crippen molar-refractivity contribution >= 4 is 57.1 Å². The Labute approximate surface area is 194 Å². The number of thiocarbonyl (C=S) groups is 1. The molecule has 1 N–H and O–H groups in total. The van der Waals surface area contributed by atoms with Gasteiger partial charge in [0.2, 0.25) is 0 Å². The van der Waals surface area contributed by atoms with Gasteiger partial charge in [0.15, 0.2) is 5.82 Å². The van der Waals surface area contributed by atoms with E-state index in [1.54, 1.807) is 7.11 Å². The predicted octanol–water partition coefficient (Wildman–Crippen LogP) is 3.63. The highest BCUT2D eigenvalue weighted by molar-refractivity contribution is 8.26. The zero-order valence-corrected chi connectivity index (χ0v) is 19.0. The number of aromatic nitrogens is 2. The maximum atomic E-state index is 12.1. The molecule has 3 aromatic rings. The van der Waals surface area contributed by atoms with Gasteiger partial charge in [-0.3, -0.25) is 4.79 Å². The molecule has 2 saturated heterocycles. The van der Waals surface area contributed by atoms with E-state index in [2.05, 4.69) is 10.2 Å². The average Bonchev–Trinajstić information content (AvgIpc) is 3.15. The molecule has 0 spiro atoms. The molecule has 0 aliphatic carbocycles. The molecule has 5 rings (SSSR count). The Balaban J connectivity index is 1.67. The van der Waals surface area contributed by atoms with Gasteiger partial charge in [0.25, 0.3) is 5.91 Å². The normalized spacial score (nSPS) is 17.8. The number of hydrogen-bond acceptors (Lipinski definition) is 8. The molecule has 3 heterocycles. The number of carbonyl (C=O) groups excluding carboxylic acids is 1. The van der Waals surface area contributed by atoms with Crippen LogP contribution in [0.4, 0.5) is 5.82 Å². The number of nitrogens with one attached hydrogen (secondary N) is 1. The summed E-state index contributed by atoms with van der Waals surface area (Å²) < 4.78 is 11.7. The van der Waals surface area contributed by atoms with Crippen molar-refractivity contribution in [1.82, 2.24) is 15.3 Å². The van der Waals surface area contributed by atoms with Gasteiger partial charge >= 0.3 is 0 Å². The molecule has 2 fully saturated rings. The zero-order valence-electron chi connectivity index (χ0n) is 17.3. The van der Waals surface area contributed by atoms with Crippen molar-refractivity contribution < 1.29 is 14.3 Å². The van der Waals surface area contributed by atoms with Crippen molar-refractivity contribution in [2.75, 3.05) is 38.3 Å². The summed E-state index contributed by atoms with van der Waals surface area (Å²) in [4.78, 5) is 24.8. The standard InChI is InChI=1S/C23H20N4O3S2/c1-29-18-7-6-14(13-19-22(28)26-23(31)32-19)12-15(18)20-21(27-8-10-30-11-9-27)25-17-5-3-2-4-16(17)24-20/h2-7,12-13H,8-11H2,1H3,(H,26,28,31). The van der Waals surface area contributed by atoms with E-state index in [1.165, 1.54) is 11.8 Å². The minimum atomic E-state index is -0.183. The lowest BCUT2D eigenvalue weighted by Crippen LogP contribution is -2.37. The van der Waals surface area contributed by atoms with E-state index in [0.717, 1.165) is 46.8 Å². The molecule has 0 bridgehead atoms. The molecule has 1 amide bonds. The SMILES string of the molecule is COc1ccc(C=C2SC(=S)NC2=O)cc1-c1nc2ccccc2nc1N1CCOCC1. The number of anilines is 1. The first-order valence-corrected chi connectivity index (χ1v) is 11.4.